The second kappa shape index (κ2) is 7.51. The summed E-state index contributed by atoms with van der Waals surface area (Å²) in [6, 6.07) is 9.41. The minimum absolute atomic E-state index is 0.107. The van der Waals surface area contributed by atoms with Crippen LogP contribution in [-0.2, 0) is 11.2 Å². The van der Waals surface area contributed by atoms with E-state index in [1.807, 2.05) is 0 Å². The summed E-state index contributed by atoms with van der Waals surface area (Å²) in [5.74, 6) is 1.15. The fraction of sp³-hybridized carbons (Fsp3) is 0.176. The standard InChI is InChI=1S/C17H15N3O6/c1-24-14-8-16-15(25-10-26-16)6-12(14)9-18-19-17(21)7-11-4-2-3-5-13(11)20(22)23/h2-6,8-9H,7,10H2,1H3,(H,19,21). The normalized spacial score (nSPS) is 12.2. The highest BCUT2D eigenvalue weighted by atomic mass is 16.7. The summed E-state index contributed by atoms with van der Waals surface area (Å²) in [6.45, 7) is 0.131. The highest BCUT2D eigenvalue weighted by Gasteiger charge is 2.17. The lowest BCUT2D eigenvalue weighted by Crippen LogP contribution is -2.20. The fourth-order valence-electron chi connectivity index (χ4n) is 2.44. The number of nitrogens with zero attached hydrogens (tertiary/aromatic N) is 2. The van der Waals surface area contributed by atoms with Crippen molar-refractivity contribution in [3.8, 4) is 17.2 Å². The molecule has 1 aliphatic heterocycles. The highest BCUT2D eigenvalue weighted by Crippen LogP contribution is 2.37. The van der Waals surface area contributed by atoms with Gasteiger partial charge >= 0.3 is 0 Å². The Morgan fingerprint density at radius 1 is 1.35 bits per heavy atom. The monoisotopic (exact) mass is 357 g/mol. The second-order valence-corrected chi connectivity index (χ2v) is 5.30. The van der Waals surface area contributed by atoms with Gasteiger partial charge in [-0.3, -0.25) is 14.9 Å². The van der Waals surface area contributed by atoms with Crippen LogP contribution in [0.5, 0.6) is 17.2 Å². The van der Waals surface area contributed by atoms with E-state index in [0.717, 1.165) is 0 Å². The zero-order valence-corrected chi connectivity index (χ0v) is 13.8. The molecular weight excluding hydrogens is 342 g/mol. The molecule has 0 bridgehead atoms. The summed E-state index contributed by atoms with van der Waals surface area (Å²) in [6.07, 6.45) is 1.24. The van der Waals surface area contributed by atoms with Gasteiger partial charge in [-0.1, -0.05) is 18.2 Å². The Balaban J connectivity index is 1.68. The number of nitro groups is 1. The Morgan fingerprint density at radius 2 is 2.08 bits per heavy atom. The molecule has 0 atom stereocenters. The van der Waals surface area contributed by atoms with E-state index < -0.39 is 10.8 Å². The molecule has 134 valence electrons. The molecule has 9 heteroatoms. The summed E-state index contributed by atoms with van der Waals surface area (Å²) < 4.78 is 15.8. The summed E-state index contributed by atoms with van der Waals surface area (Å²) >= 11 is 0. The van der Waals surface area contributed by atoms with Gasteiger partial charge in [0, 0.05) is 23.3 Å². The van der Waals surface area contributed by atoms with Crippen LogP contribution < -0.4 is 19.6 Å². The molecule has 2 aromatic carbocycles. The van der Waals surface area contributed by atoms with Gasteiger partial charge in [0.05, 0.1) is 24.7 Å². The van der Waals surface area contributed by atoms with Crippen LogP contribution in [0.15, 0.2) is 41.5 Å². The Morgan fingerprint density at radius 3 is 2.81 bits per heavy atom. The lowest BCUT2D eigenvalue weighted by Gasteiger charge is -2.06. The average molecular weight is 357 g/mol. The number of hydrogen-bond acceptors (Lipinski definition) is 7. The SMILES string of the molecule is COc1cc2c(cc1C=NNC(=O)Cc1ccccc1[N+](=O)[O-])OCO2. The van der Waals surface area contributed by atoms with Crippen LogP contribution in [0.1, 0.15) is 11.1 Å². The molecule has 0 aromatic heterocycles. The first-order valence-electron chi connectivity index (χ1n) is 7.60. The molecule has 9 nitrogen and oxygen atoms in total. The van der Waals surface area contributed by atoms with E-state index in [9.17, 15) is 14.9 Å². The van der Waals surface area contributed by atoms with Crippen LogP contribution in [0, 0.1) is 10.1 Å². The minimum atomic E-state index is -0.524. The molecule has 1 N–H and O–H groups in total. The van der Waals surface area contributed by atoms with Crippen LogP contribution in [-0.4, -0.2) is 30.9 Å². The number of benzene rings is 2. The van der Waals surface area contributed by atoms with E-state index in [1.165, 1.54) is 25.5 Å². The molecule has 0 saturated heterocycles. The predicted octanol–water partition coefficient (Wildman–Crippen LogP) is 2.02. The molecule has 1 heterocycles. The first-order valence-corrected chi connectivity index (χ1v) is 7.60. The topological polar surface area (TPSA) is 112 Å². The Labute approximate surface area is 148 Å². The zero-order chi connectivity index (χ0) is 18.5. The number of carbonyl (C=O) groups is 1. The van der Waals surface area contributed by atoms with Crippen LogP contribution in [0.25, 0.3) is 0 Å². The van der Waals surface area contributed by atoms with Crippen LogP contribution in [0.3, 0.4) is 0 Å². The lowest BCUT2D eigenvalue weighted by molar-refractivity contribution is -0.385. The Bertz CT molecular complexity index is 881. The summed E-state index contributed by atoms with van der Waals surface area (Å²) in [4.78, 5) is 22.4. The van der Waals surface area contributed by atoms with Gasteiger partial charge in [0.25, 0.3) is 5.69 Å². The van der Waals surface area contributed by atoms with Crippen molar-refractivity contribution in [1.29, 1.82) is 0 Å². The molecule has 1 aliphatic rings. The van der Waals surface area contributed by atoms with Gasteiger partial charge in [-0.05, 0) is 6.07 Å². The fourth-order valence-corrected chi connectivity index (χ4v) is 2.44. The van der Waals surface area contributed by atoms with Gasteiger partial charge in [0.15, 0.2) is 11.5 Å². The number of carbonyl (C=O) groups excluding carboxylic acids is 1. The number of rotatable bonds is 6. The molecule has 3 rings (SSSR count). The van der Waals surface area contributed by atoms with Crippen LogP contribution in [0.4, 0.5) is 5.69 Å². The van der Waals surface area contributed by atoms with Crippen molar-refractivity contribution in [2.24, 2.45) is 5.10 Å². The lowest BCUT2D eigenvalue weighted by atomic mass is 10.1. The molecule has 0 radical (unpaired) electrons. The summed E-state index contributed by atoms with van der Waals surface area (Å²) in [5, 5.41) is 14.8. The van der Waals surface area contributed by atoms with E-state index in [0.29, 0.717) is 28.4 Å². The van der Waals surface area contributed by atoms with Gasteiger partial charge in [0.2, 0.25) is 12.7 Å². The quantitative estimate of drug-likeness (QED) is 0.481. The number of para-hydroxylation sites is 1. The molecule has 26 heavy (non-hydrogen) atoms. The number of hydrogen-bond donors (Lipinski definition) is 1. The molecular formula is C17H15N3O6. The van der Waals surface area contributed by atoms with Gasteiger partial charge < -0.3 is 14.2 Å². The van der Waals surface area contributed by atoms with Gasteiger partial charge in [-0.15, -0.1) is 0 Å². The van der Waals surface area contributed by atoms with Crippen molar-refractivity contribution in [3.05, 3.63) is 57.6 Å². The summed E-state index contributed by atoms with van der Waals surface area (Å²) in [7, 11) is 1.50. The number of nitrogens with one attached hydrogen (secondary N) is 1. The number of methoxy groups -OCH3 is 1. The highest BCUT2D eigenvalue weighted by molar-refractivity contribution is 5.87. The third-order valence-electron chi connectivity index (χ3n) is 3.66. The zero-order valence-electron chi connectivity index (χ0n) is 13.8. The van der Waals surface area contributed by atoms with E-state index in [1.54, 1.807) is 24.3 Å². The predicted molar refractivity (Wildman–Crippen MR) is 91.7 cm³/mol. The molecule has 0 saturated carbocycles. The Kier molecular flexibility index (Phi) is 4.97. The smallest absolute Gasteiger partial charge is 0.273 e. The van der Waals surface area contributed by atoms with E-state index in [-0.39, 0.29) is 18.9 Å². The largest absolute Gasteiger partial charge is 0.496 e. The molecule has 2 aromatic rings. The van der Waals surface area contributed by atoms with Gasteiger partial charge in [0.1, 0.15) is 5.75 Å². The van der Waals surface area contributed by atoms with Gasteiger partial charge in [-0.25, -0.2) is 5.43 Å². The number of amides is 1. The third kappa shape index (κ3) is 3.72. The Hall–Kier alpha value is -3.62. The molecule has 0 unspecified atom stereocenters. The number of ether oxygens (including phenoxy) is 3. The molecule has 0 fully saturated rings. The maximum absolute atomic E-state index is 12.0. The minimum Gasteiger partial charge on any atom is -0.496 e. The van der Waals surface area contributed by atoms with Crippen LogP contribution >= 0.6 is 0 Å². The van der Waals surface area contributed by atoms with Crippen molar-refractivity contribution < 1.29 is 23.9 Å². The molecule has 0 aliphatic carbocycles. The number of hydrazone groups is 1. The van der Waals surface area contributed by atoms with Crippen molar-refractivity contribution in [2.75, 3.05) is 13.9 Å². The van der Waals surface area contributed by atoms with Crippen LogP contribution in [0.2, 0.25) is 0 Å². The summed E-state index contributed by atoms with van der Waals surface area (Å²) in [5.41, 5.74) is 3.13. The average Bonchev–Trinajstić information content (AvgIpc) is 3.08. The first-order chi connectivity index (χ1) is 12.6. The molecule has 0 spiro atoms. The van der Waals surface area contributed by atoms with E-state index >= 15 is 0 Å². The number of nitro benzene ring substituents is 1. The van der Waals surface area contributed by atoms with Crippen molar-refractivity contribution in [1.82, 2.24) is 5.43 Å². The van der Waals surface area contributed by atoms with E-state index in [2.05, 4.69) is 10.5 Å². The molecule has 1 amide bonds. The third-order valence-corrected chi connectivity index (χ3v) is 3.66. The van der Waals surface area contributed by atoms with Crippen molar-refractivity contribution in [2.45, 2.75) is 6.42 Å². The maximum atomic E-state index is 12.0. The van der Waals surface area contributed by atoms with Crippen molar-refractivity contribution in [3.63, 3.8) is 0 Å². The van der Waals surface area contributed by atoms with Crippen molar-refractivity contribution >= 4 is 17.8 Å². The van der Waals surface area contributed by atoms with E-state index in [4.69, 9.17) is 14.2 Å². The first kappa shape index (κ1) is 17.2. The maximum Gasteiger partial charge on any atom is 0.273 e. The second-order valence-electron chi connectivity index (χ2n) is 5.30. The van der Waals surface area contributed by atoms with Gasteiger partial charge in [-0.2, -0.15) is 5.10 Å². The number of fused-ring (bicyclic) bond motifs is 1.